The number of para-hydroxylation sites is 1. The third kappa shape index (κ3) is 4.70. The number of rotatable bonds is 7. The Kier molecular flexibility index (Phi) is 6.48. The van der Waals surface area contributed by atoms with E-state index in [1.807, 2.05) is 18.2 Å². The topological polar surface area (TPSA) is 79.0 Å². The Morgan fingerprint density at radius 2 is 1.74 bits per heavy atom. The van der Waals surface area contributed by atoms with E-state index in [0.29, 0.717) is 30.8 Å². The largest absolute Gasteiger partial charge is 0.496 e. The molecule has 0 saturated carbocycles. The van der Waals surface area contributed by atoms with Gasteiger partial charge in [0.25, 0.3) is 5.91 Å². The van der Waals surface area contributed by atoms with Gasteiger partial charge in [-0.15, -0.1) is 0 Å². The van der Waals surface area contributed by atoms with Crippen molar-refractivity contribution in [2.24, 2.45) is 0 Å². The molecule has 2 aromatic rings. The van der Waals surface area contributed by atoms with Gasteiger partial charge in [-0.25, -0.2) is 8.42 Å². The number of likely N-dealkylation sites (tertiary alicyclic amines) is 1. The Balaban J connectivity index is 1.46. The maximum atomic E-state index is 12.8. The summed E-state index contributed by atoms with van der Waals surface area (Å²) < 4.78 is 31.2. The van der Waals surface area contributed by atoms with Gasteiger partial charge in [-0.1, -0.05) is 18.2 Å². The maximum absolute atomic E-state index is 12.8. The van der Waals surface area contributed by atoms with Gasteiger partial charge < -0.3 is 10.1 Å². The highest BCUT2D eigenvalue weighted by atomic mass is 32.2. The van der Waals surface area contributed by atoms with E-state index >= 15 is 0 Å². The molecule has 4 rings (SSSR count). The van der Waals surface area contributed by atoms with Crippen LogP contribution in [-0.4, -0.2) is 58.3 Å². The number of amides is 1. The number of hydrogen-bond acceptors (Lipinski definition) is 5. The molecule has 1 N–H and O–H groups in total. The molecule has 1 atom stereocenters. The zero-order chi connectivity index (χ0) is 21.8. The zero-order valence-electron chi connectivity index (χ0n) is 17.8. The Morgan fingerprint density at radius 3 is 2.39 bits per heavy atom. The molecule has 8 heteroatoms. The van der Waals surface area contributed by atoms with E-state index in [2.05, 4.69) is 16.3 Å². The third-order valence-electron chi connectivity index (χ3n) is 6.05. The van der Waals surface area contributed by atoms with Crippen LogP contribution in [0, 0.1) is 0 Å². The minimum absolute atomic E-state index is 0.0385. The summed E-state index contributed by atoms with van der Waals surface area (Å²) in [5.41, 5.74) is 2.19. The van der Waals surface area contributed by atoms with Gasteiger partial charge in [-0.3, -0.25) is 14.0 Å². The number of ether oxygens (including phenoxy) is 1. The first-order valence-corrected chi connectivity index (χ1v) is 12.4. The SMILES string of the molecule is COc1ccccc1C(CNC(=O)c1ccc(N2CCCS2(=O)=O)cc1)N1CCCC1. The van der Waals surface area contributed by atoms with Crippen molar-refractivity contribution in [3.8, 4) is 5.75 Å². The van der Waals surface area contributed by atoms with Crippen LogP contribution in [0.15, 0.2) is 48.5 Å². The van der Waals surface area contributed by atoms with E-state index in [4.69, 9.17) is 4.74 Å². The highest BCUT2D eigenvalue weighted by Gasteiger charge is 2.29. The number of benzene rings is 2. The van der Waals surface area contributed by atoms with Crippen LogP contribution in [0.1, 0.15) is 41.2 Å². The standard InChI is InChI=1S/C23H29N3O4S/c1-30-22-8-3-2-7-20(22)21(25-13-4-5-14-25)17-24-23(27)18-9-11-19(12-10-18)26-15-6-16-31(26,28)29/h2-3,7-12,21H,4-6,13-17H2,1H3,(H,24,27). The van der Waals surface area contributed by atoms with Gasteiger partial charge in [0.2, 0.25) is 10.0 Å². The van der Waals surface area contributed by atoms with Gasteiger partial charge in [0.15, 0.2) is 0 Å². The first kappa shape index (κ1) is 21.6. The van der Waals surface area contributed by atoms with Crippen molar-refractivity contribution >= 4 is 21.6 Å². The number of nitrogens with one attached hydrogen (secondary N) is 1. The first-order chi connectivity index (χ1) is 15.0. The molecule has 0 aromatic heterocycles. The van der Waals surface area contributed by atoms with E-state index in [-0.39, 0.29) is 17.7 Å². The highest BCUT2D eigenvalue weighted by Crippen LogP contribution is 2.31. The third-order valence-corrected chi connectivity index (χ3v) is 7.92. The second-order valence-corrected chi connectivity index (χ2v) is 10.0. The molecule has 1 unspecified atom stereocenters. The number of carbonyl (C=O) groups is 1. The van der Waals surface area contributed by atoms with Gasteiger partial charge in [0, 0.05) is 24.2 Å². The second-order valence-electron chi connectivity index (χ2n) is 8.00. The van der Waals surface area contributed by atoms with Crippen LogP contribution in [-0.2, 0) is 10.0 Å². The van der Waals surface area contributed by atoms with E-state index in [9.17, 15) is 13.2 Å². The molecule has 31 heavy (non-hydrogen) atoms. The molecule has 166 valence electrons. The smallest absolute Gasteiger partial charge is 0.251 e. The van der Waals surface area contributed by atoms with E-state index < -0.39 is 10.0 Å². The summed E-state index contributed by atoms with van der Waals surface area (Å²) >= 11 is 0. The van der Waals surface area contributed by atoms with Crippen LogP contribution in [0.3, 0.4) is 0 Å². The molecular weight excluding hydrogens is 414 g/mol. The number of methoxy groups -OCH3 is 1. The van der Waals surface area contributed by atoms with Gasteiger partial charge in [0.1, 0.15) is 5.75 Å². The van der Waals surface area contributed by atoms with Crippen molar-refractivity contribution in [2.75, 3.05) is 43.3 Å². The van der Waals surface area contributed by atoms with Crippen molar-refractivity contribution < 1.29 is 17.9 Å². The Morgan fingerprint density at radius 1 is 1.03 bits per heavy atom. The van der Waals surface area contributed by atoms with Crippen molar-refractivity contribution in [2.45, 2.75) is 25.3 Å². The van der Waals surface area contributed by atoms with Crippen LogP contribution in [0.2, 0.25) is 0 Å². The lowest BCUT2D eigenvalue weighted by molar-refractivity contribution is 0.0937. The lowest BCUT2D eigenvalue weighted by Crippen LogP contribution is -2.37. The molecule has 2 aromatic carbocycles. The number of anilines is 1. The molecule has 1 amide bonds. The zero-order valence-corrected chi connectivity index (χ0v) is 18.6. The predicted molar refractivity (Wildman–Crippen MR) is 121 cm³/mol. The quantitative estimate of drug-likeness (QED) is 0.712. The van der Waals surface area contributed by atoms with E-state index in [1.54, 1.807) is 31.4 Å². The summed E-state index contributed by atoms with van der Waals surface area (Å²) in [6.07, 6.45) is 2.94. The fourth-order valence-corrected chi connectivity index (χ4v) is 6.00. The Labute approximate surface area is 184 Å². The van der Waals surface area contributed by atoms with E-state index in [1.165, 1.54) is 4.31 Å². The van der Waals surface area contributed by atoms with Crippen LogP contribution >= 0.6 is 0 Å². The molecule has 0 bridgehead atoms. The van der Waals surface area contributed by atoms with Crippen molar-refractivity contribution in [3.05, 3.63) is 59.7 Å². The lowest BCUT2D eigenvalue weighted by atomic mass is 10.0. The summed E-state index contributed by atoms with van der Waals surface area (Å²) in [5, 5.41) is 3.06. The molecule has 2 fully saturated rings. The van der Waals surface area contributed by atoms with Crippen LogP contribution in [0.5, 0.6) is 5.75 Å². The van der Waals surface area contributed by atoms with Gasteiger partial charge in [-0.05, 0) is 62.7 Å². The summed E-state index contributed by atoms with van der Waals surface area (Å²) in [7, 11) is -1.56. The van der Waals surface area contributed by atoms with Crippen molar-refractivity contribution in [3.63, 3.8) is 0 Å². The van der Waals surface area contributed by atoms with Gasteiger partial charge in [-0.2, -0.15) is 0 Å². The molecule has 2 aliphatic heterocycles. The molecule has 2 aliphatic rings. The maximum Gasteiger partial charge on any atom is 0.251 e. The van der Waals surface area contributed by atoms with Gasteiger partial charge in [0.05, 0.1) is 24.6 Å². The number of carbonyl (C=O) groups excluding carboxylic acids is 1. The molecule has 0 aliphatic carbocycles. The van der Waals surface area contributed by atoms with Crippen molar-refractivity contribution in [1.82, 2.24) is 10.2 Å². The minimum atomic E-state index is -3.23. The normalized spacial score (nSPS) is 19.3. The van der Waals surface area contributed by atoms with E-state index in [0.717, 1.165) is 37.2 Å². The number of nitrogens with zero attached hydrogens (tertiary/aromatic N) is 2. The summed E-state index contributed by atoms with van der Waals surface area (Å²) in [6.45, 7) is 2.96. The molecule has 0 spiro atoms. The lowest BCUT2D eigenvalue weighted by Gasteiger charge is -2.29. The highest BCUT2D eigenvalue weighted by molar-refractivity contribution is 7.93. The Bertz CT molecular complexity index is 1020. The van der Waals surface area contributed by atoms with Crippen LogP contribution in [0.4, 0.5) is 5.69 Å². The molecule has 7 nitrogen and oxygen atoms in total. The summed E-state index contributed by atoms with van der Waals surface area (Å²) in [5.74, 6) is 0.829. The monoisotopic (exact) mass is 443 g/mol. The fourth-order valence-electron chi connectivity index (χ4n) is 4.43. The first-order valence-electron chi connectivity index (χ1n) is 10.8. The number of hydrogen-bond donors (Lipinski definition) is 1. The fraction of sp³-hybridized carbons (Fsp3) is 0.435. The minimum Gasteiger partial charge on any atom is -0.496 e. The predicted octanol–water partition coefficient (Wildman–Crippen LogP) is 2.80. The van der Waals surface area contributed by atoms with Gasteiger partial charge >= 0.3 is 0 Å². The average Bonchev–Trinajstić information content (AvgIpc) is 3.43. The van der Waals surface area contributed by atoms with Crippen LogP contribution in [0.25, 0.3) is 0 Å². The summed E-state index contributed by atoms with van der Waals surface area (Å²) in [4.78, 5) is 15.2. The molecule has 0 radical (unpaired) electrons. The second kappa shape index (κ2) is 9.28. The summed E-state index contributed by atoms with van der Waals surface area (Å²) in [6, 6.07) is 14.8. The molecular formula is C23H29N3O4S. The molecule has 2 heterocycles. The number of sulfonamides is 1. The van der Waals surface area contributed by atoms with Crippen molar-refractivity contribution in [1.29, 1.82) is 0 Å². The van der Waals surface area contributed by atoms with Crippen LogP contribution < -0.4 is 14.4 Å². The Hall–Kier alpha value is -2.58. The average molecular weight is 444 g/mol. The molecule has 2 saturated heterocycles.